The van der Waals surface area contributed by atoms with Gasteiger partial charge in [-0.05, 0) is 24.6 Å². The van der Waals surface area contributed by atoms with Crippen LogP contribution in [-0.2, 0) is 13.0 Å². The quantitative estimate of drug-likeness (QED) is 0.738. The van der Waals surface area contributed by atoms with Crippen molar-refractivity contribution in [2.45, 2.75) is 19.9 Å². The lowest BCUT2D eigenvalue weighted by Crippen LogP contribution is -2.19. The van der Waals surface area contributed by atoms with Gasteiger partial charge in [0.05, 0.1) is 12.2 Å². The topological polar surface area (TPSA) is 48.0 Å². The first-order valence-electron chi connectivity index (χ1n) is 6.41. The molecule has 2 aromatic heterocycles. The summed E-state index contributed by atoms with van der Waals surface area (Å²) >= 11 is 3.46. The third kappa shape index (κ3) is 2.29. The zero-order valence-electron chi connectivity index (χ0n) is 11.0. The van der Waals surface area contributed by atoms with E-state index in [1.165, 1.54) is 0 Å². The summed E-state index contributed by atoms with van der Waals surface area (Å²) in [4.78, 5) is 12.4. The van der Waals surface area contributed by atoms with Crippen LogP contribution in [0.3, 0.4) is 0 Å². The third-order valence-electron chi connectivity index (χ3n) is 3.26. The molecule has 0 aliphatic heterocycles. The summed E-state index contributed by atoms with van der Waals surface area (Å²) in [5.74, 6) is 0.693. The van der Waals surface area contributed by atoms with Gasteiger partial charge in [-0.3, -0.25) is 4.79 Å². The molecule has 3 aromatic rings. The first-order valence-corrected chi connectivity index (χ1v) is 7.20. The highest BCUT2D eigenvalue weighted by atomic mass is 79.9. The Morgan fingerprint density at radius 1 is 1.30 bits per heavy atom. The van der Waals surface area contributed by atoms with Gasteiger partial charge in [-0.1, -0.05) is 34.1 Å². The van der Waals surface area contributed by atoms with E-state index in [0.29, 0.717) is 17.7 Å². The number of rotatable bonds is 3. The largest absolute Gasteiger partial charge is 0.359 e. The third-order valence-corrected chi connectivity index (χ3v) is 3.95. The molecule has 20 heavy (non-hydrogen) atoms. The molecule has 0 saturated heterocycles. The Kier molecular flexibility index (Phi) is 3.44. The van der Waals surface area contributed by atoms with E-state index in [9.17, 15) is 4.79 Å². The summed E-state index contributed by atoms with van der Waals surface area (Å²) < 4.78 is 7.79. The first-order chi connectivity index (χ1) is 9.69. The predicted molar refractivity (Wildman–Crippen MR) is 80.9 cm³/mol. The summed E-state index contributed by atoms with van der Waals surface area (Å²) in [7, 11) is 0. The first kappa shape index (κ1) is 13.1. The number of hydrogen-bond donors (Lipinski definition) is 0. The van der Waals surface area contributed by atoms with Gasteiger partial charge in [-0.15, -0.1) is 0 Å². The van der Waals surface area contributed by atoms with Crippen LogP contribution in [0.5, 0.6) is 0 Å². The molecule has 1 aromatic carbocycles. The van der Waals surface area contributed by atoms with Crippen LogP contribution in [0, 0.1) is 0 Å². The second-order valence-corrected chi connectivity index (χ2v) is 5.44. The number of halogens is 1. The van der Waals surface area contributed by atoms with E-state index in [1.54, 1.807) is 10.8 Å². The maximum Gasteiger partial charge on any atom is 0.258 e. The van der Waals surface area contributed by atoms with Gasteiger partial charge in [0, 0.05) is 27.5 Å². The molecular weight excluding hydrogens is 320 g/mol. The second kappa shape index (κ2) is 5.25. The number of hydrogen-bond acceptors (Lipinski definition) is 3. The lowest BCUT2D eigenvalue weighted by atomic mass is 10.2. The minimum atomic E-state index is -0.0294. The monoisotopic (exact) mass is 332 g/mol. The molecule has 0 amide bonds. The Morgan fingerprint density at radius 3 is 2.90 bits per heavy atom. The highest BCUT2D eigenvalue weighted by molar-refractivity contribution is 9.10. The van der Waals surface area contributed by atoms with E-state index in [2.05, 4.69) is 21.1 Å². The van der Waals surface area contributed by atoms with Crippen molar-refractivity contribution in [3.05, 3.63) is 62.8 Å². The summed E-state index contributed by atoms with van der Waals surface area (Å²) in [6, 6.07) is 9.43. The normalized spacial score (nSPS) is 11.1. The van der Waals surface area contributed by atoms with Crippen molar-refractivity contribution >= 4 is 26.7 Å². The van der Waals surface area contributed by atoms with Crippen LogP contribution in [0.15, 0.2) is 50.3 Å². The van der Waals surface area contributed by atoms with Gasteiger partial charge in [0.15, 0.2) is 5.76 Å². The number of aromatic nitrogens is 2. The fraction of sp³-hybridized carbons (Fsp3) is 0.200. The van der Waals surface area contributed by atoms with Crippen LogP contribution in [0.4, 0.5) is 0 Å². The Bertz CT molecular complexity index is 820. The SMILES string of the molecule is CCc1cc(Cn2ccc3c(Br)cccc3c2=O)on1. The van der Waals surface area contributed by atoms with Gasteiger partial charge in [-0.2, -0.15) is 0 Å². The standard InChI is InChI=1S/C15H13BrN2O2/c1-2-10-8-11(20-17-10)9-18-7-6-12-13(15(18)19)4-3-5-14(12)16/h3-8H,2,9H2,1H3. The van der Waals surface area contributed by atoms with Crippen molar-refractivity contribution in [2.75, 3.05) is 0 Å². The van der Waals surface area contributed by atoms with Crippen LogP contribution in [0.1, 0.15) is 18.4 Å². The van der Waals surface area contributed by atoms with E-state index in [-0.39, 0.29) is 5.56 Å². The maximum absolute atomic E-state index is 12.4. The number of fused-ring (bicyclic) bond motifs is 1. The molecule has 102 valence electrons. The minimum Gasteiger partial charge on any atom is -0.359 e. The lowest BCUT2D eigenvalue weighted by molar-refractivity contribution is 0.370. The average molecular weight is 333 g/mol. The lowest BCUT2D eigenvalue weighted by Gasteiger charge is -2.05. The van der Waals surface area contributed by atoms with Crippen molar-refractivity contribution in [3.8, 4) is 0 Å². The summed E-state index contributed by atoms with van der Waals surface area (Å²) in [5, 5.41) is 5.55. The van der Waals surface area contributed by atoms with Gasteiger partial charge < -0.3 is 9.09 Å². The molecule has 0 spiro atoms. The summed E-state index contributed by atoms with van der Waals surface area (Å²) in [6.07, 6.45) is 2.60. The number of benzene rings is 1. The highest BCUT2D eigenvalue weighted by Crippen LogP contribution is 2.21. The number of pyridine rings is 1. The van der Waals surface area contributed by atoms with Crippen molar-refractivity contribution in [1.29, 1.82) is 0 Å². The minimum absolute atomic E-state index is 0.0294. The molecule has 0 fully saturated rings. The molecule has 0 unspecified atom stereocenters. The molecule has 0 N–H and O–H groups in total. The van der Waals surface area contributed by atoms with Gasteiger partial charge in [-0.25, -0.2) is 0 Å². The fourth-order valence-corrected chi connectivity index (χ4v) is 2.67. The van der Waals surface area contributed by atoms with Crippen LogP contribution in [0.2, 0.25) is 0 Å². The van der Waals surface area contributed by atoms with E-state index in [0.717, 1.165) is 22.0 Å². The van der Waals surface area contributed by atoms with Crippen LogP contribution in [-0.4, -0.2) is 9.72 Å². The molecule has 5 heteroatoms. The van der Waals surface area contributed by atoms with Crippen molar-refractivity contribution in [1.82, 2.24) is 9.72 Å². The molecule has 4 nitrogen and oxygen atoms in total. The summed E-state index contributed by atoms with van der Waals surface area (Å²) in [6.45, 7) is 2.41. The molecule has 0 radical (unpaired) electrons. The van der Waals surface area contributed by atoms with Crippen LogP contribution >= 0.6 is 15.9 Å². The number of aryl methyl sites for hydroxylation is 1. The Morgan fingerprint density at radius 2 is 2.15 bits per heavy atom. The fourth-order valence-electron chi connectivity index (χ4n) is 2.17. The van der Waals surface area contributed by atoms with Crippen LogP contribution < -0.4 is 5.56 Å². The average Bonchev–Trinajstić information content (AvgIpc) is 2.90. The highest BCUT2D eigenvalue weighted by Gasteiger charge is 2.08. The van der Waals surface area contributed by atoms with E-state index >= 15 is 0 Å². The molecular formula is C15H13BrN2O2. The van der Waals surface area contributed by atoms with E-state index in [1.807, 2.05) is 37.3 Å². The molecule has 0 atom stereocenters. The van der Waals surface area contributed by atoms with Gasteiger partial charge in [0.2, 0.25) is 0 Å². The van der Waals surface area contributed by atoms with Crippen LogP contribution in [0.25, 0.3) is 10.8 Å². The number of nitrogens with zero attached hydrogens (tertiary/aromatic N) is 2. The van der Waals surface area contributed by atoms with Crippen molar-refractivity contribution in [2.24, 2.45) is 0 Å². The smallest absolute Gasteiger partial charge is 0.258 e. The van der Waals surface area contributed by atoms with E-state index in [4.69, 9.17) is 4.52 Å². The van der Waals surface area contributed by atoms with Gasteiger partial charge in [0.25, 0.3) is 5.56 Å². The maximum atomic E-state index is 12.4. The Labute approximate surface area is 124 Å². The summed E-state index contributed by atoms with van der Waals surface area (Å²) in [5.41, 5.74) is 0.870. The second-order valence-electron chi connectivity index (χ2n) is 4.59. The molecule has 3 rings (SSSR count). The predicted octanol–water partition coefficient (Wildman–Crippen LogP) is 3.36. The van der Waals surface area contributed by atoms with Gasteiger partial charge in [0.1, 0.15) is 0 Å². The molecule has 0 bridgehead atoms. The molecule has 0 saturated carbocycles. The van der Waals surface area contributed by atoms with Crippen molar-refractivity contribution in [3.63, 3.8) is 0 Å². The van der Waals surface area contributed by atoms with Gasteiger partial charge >= 0.3 is 0 Å². The zero-order chi connectivity index (χ0) is 14.1. The van der Waals surface area contributed by atoms with Crippen molar-refractivity contribution < 1.29 is 4.52 Å². The zero-order valence-corrected chi connectivity index (χ0v) is 12.6. The Hall–Kier alpha value is -1.88. The molecule has 0 aliphatic rings. The van der Waals surface area contributed by atoms with E-state index < -0.39 is 0 Å². The Balaban J connectivity index is 2.04. The molecule has 2 heterocycles. The molecule has 0 aliphatic carbocycles.